The van der Waals surface area contributed by atoms with E-state index in [-0.39, 0.29) is 12.3 Å². The molecule has 0 bridgehead atoms. The van der Waals surface area contributed by atoms with Gasteiger partial charge >= 0.3 is 6.03 Å². The second kappa shape index (κ2) is 10.7. The fraction of sp³-hybridized carbons (Fsp3) is 0.167. The zero-order chi connectivity index (χ0) is 22.1. The van der Waals surface area contributed by atoms with Gasteiger partial charge in [-0.25, -0.2) is 4.79 Å². The Morgan fingerprint density at radius 2 is 1.61 bits per heavy atom. The van der Waals surface area contributed by atoms with Gasteiger partial charge in [-0.15, -0.1) is 0 Å². The Morgan fingerprint density at radius 1 is 0.903 bits per heavy atom. The van der Waals surface area contributed by atoms with Crippen LogP contribution >= 0.6 is 0 Å². The first kappa shape index (κ1) is 21.7. The zero-order valence-corrected chi connectivity index (χ0v) is 17.2. The Morgan fingerprint density at radius 3 is 2.35 bits per heavy atom. The van der Waals surface area contributed by atoms with Crippen molar-refractivity contribution in [1.82, 2.24) is 10.6 Å². The van der Waals surface area contributed by atoms with Crippen LogP contribution in [0.15, 0.2) is 78.9 Å². The smallest absolute Gasteiger partial charge is 0.312 e. The average Bonchev–Trinajstić information content (AvgIpc) is 2.78. The van der Waals surface area contributed by atoms with Gasteiger partial charge in [0.1, 0.15) is 17.2 Å². The minimum Gasteiger partial charge on any atom is -0.497 e. The molecule has 7 nitrogen and oxygen atoms in total. The number of benzene rings is 3. The van der Waals surface area contributed by atoms with Gasteiger partial charge in [0, 0.05) is 6.54 Å². The number of nitrogens with two attached hydrogens (primary N) is 1. The van der Waals surface area contributed by atoms with Gasteiger partial charge in [-0.3, -0.25) is 4.79 Å². The van der Waals surface area contributed by atoms with E-state index in [1.54, 1.807) is 25.3 Å². The van der Waals surface area contributed by atoms with Crippen LogP contribution < -0.4 is 25.8 Å². The lowest BCUT2D eigenvalue weighted by atomic mass is 10.0. The van der Waals surface area contributed by atoms with Gasteiger partial charge in [0.05, 0.1) is 19.6 Å². The zero-order valence-electron chi connectivity index (χ0n) is 17.2. The lowest BCUT2D eigenvalue weighted by Crippen LogP contribution is -2.36. The Balaban J connectivity index is 1.67. The summed E-state index contributed by atoms with van der Waals surface area (Å²) >= 11 is 0. The van der Waals surface area contributed by atoms with E-state index < -0.39 is 12.1 Å². The first-order valence-corrected chi connectivity index (χ1v) is 9.82. The first-order valence-electron chi connectivity index (χ1n) is 9.82. The van der Waals surface area contributed by atoms with E-state index in [1.807, 2.05) is 60.7 Å². The summed E-state index contributed by atoms with van der Waals surface area (Å²) in [6, 6.07) is 22.7. The number of urea groups is 1. The third kappa shape index (κ3) is 6.78. The standard InChI is InChI=1S/C24H25N3O4/c1-30-20-11-5-7-17(13-20)16-26-23(28)15-22(27-24(25)29)18-8-6-12-21(14-18)31-19-9-3-2-4-10-19/h2-14,22H,15-16H2,1H3,(H,26,28)(H3,25,27,29)/t22-/m1/s1. The number of para-hydroxylation sites is 1. The number of ether oxygens (including phenoxy) is 2. The van der Waals surface area contributed by atoms with Crippen LogP contribution in [0.5, 0.6) is 17.2 Å². The molecule has 0 radical (unpaired) electrons. The molecule has 0 aliphatic carbocycles. The summed E-state index contributed by atoms with van der Waals surface area (Å²) in [5.74, 6) is 1.78. The van der Waals surface area contributed by atoms with Crippen molar-refractivity contribution in [2.75, 3.05) is 7.11 Å². The molecule has 0 aliphatic rings. The largest absolute Gasteiger partial charge is 0.497 e. The predicted molar refractivity (Wildman–Crippen MR) is 118 cm³/mol. The number of hydrogen-bond donors (Lipinski definition) is 3. The van der Waals surface area contributed by atoms with E-state index in [1.165, 1.54) is 0 Å². The molecule has 0 aromatic heterocycles. The van der Waals surface area contributed by atoms with Crippen LogP contribution in [0, 0.1) is 0 Å². The van der Waals surface area contributed by atoms with Crippen molar-refractivity contribution in [3.63, 3.8) is 0 Å². The molecule has 0 unspecified atom stereocenters. The van der Waals surface area contributed by atoms with Crippen molar-refractivity contribution in [3.8, 4) is 17.2 Å². The van der Waals surface area contributed by atoms with E-state index in [0.717, 1.165) is 11.3 Å². The number of nitrogens with one attached hydrogen (secondary N) is 2. The lowest BCUT2D eigenvalue weighted by molar-refractivity contribution is -0.121. The van der Waals surface area contributed by atoms with E-state index in [9.17, 15) is 9.59 Å². The summed E-state index contributed by atoms with van der Waals surface area (Å²) in [6.07, 6.45) is 0.0295. The van der Waals surface area contributed by atoms with Gasteiger partial charge in [-0.05, 0) is 47.5 Å². The second-order valence-electron chi connectivity index (χ2n) is 6.88. The number of amides is 3. The minimum absolute atomic E-state index is 0.0295. The number of carbonyl (C=O) groups is 2. The Bertz CT molecular complexity index is 1020. The molecule has 0 saturated carbocycles. The maximum absolute atomic E-state index is 12.5. The van der Waals surface area contributed by atoms with Crippen molar-refractivity contribution in [1.29, 1.82) is 0 Å². The number of methoxy groups -OCH3 is 1. The number of primary amides is 1. The molecule has 3 aromatic carbocycles. The highest BCUT2D eigenvalue weighted by atomic mass is 16.5. The SMILES string of the molecule is COc1cccc(CNC(=O)C[C@@H](NC(N)=O)c2cccc(Oc3ccccc3)c2)c1. The highest BCUT2D eigenvalue weighted by molar-refractivity contribution is 5.78. The fourth-order valence-corrected chi connectivity index (χ4v) is 3.08. The van der Waals surface area contributed by atoms with E-state index in [2.05, 4.69) is 10.6 Å². The van der Waals surface area contributed by atoms with Crippen LogP contribution in [0.4, 0.5) is 4.79 Å². The highest BCUT2D eigenvalue weighted by Gasteiger charge is 2.18. The third-order valence-corrected chi connectivity index (χ3v) is 4.57. The second-order valence-corrected chi connectivity index (χ2v) is 6.88. The molecule has 160 valence electrons. The van der Waals surface area contributed by atoms with Crippen LogP contribution in [0.25, 0.3) is 0 Å². The monoisotopic (exact) mass is 419 g/mol. The molecule has 0 spiro atoms. The molecule has 3 rings (SSSR count). The van der Waals surface area contributed by atoms with Gasteiger partial charge in [0.2, 0.25) is 5.91 Å². The van der Waals surface area contributed by atoms with Crippen molar-refractivity contribution < 1.29 is 19.1 Å². The Labute approximate surface area is 181 Å². The average molecular weight is 419 g/mol. The van der Waals surface area contributed by atoms with Gasteiger partial charge in [0.25, 0.3) is 0 Å². The molecule has 3 amide bonds. The van der Waals surface area contributed by atoms with Crippen LogP contribution in [0.1, 0.15) is 23.6 Å². The van der Waals surface area contributed by atoms with Crippen LogP contribution in [0.3, 0.4) is 0 Å². The molecule has 4 N–H and O–H groups in total. The molecule has 0 saturated heterocycles. The summed E-state index contributed by atoms with van der Waals surface area (Å²) in [4.78, 5) is 24.1. The molecule has 7 heteroatoms. The maximum atomic E-state index is 12.5. The summed E-state index contributed by atoms with van der Waals surface area (Å²) < 4.78 is 11.0. The fourth-order valence-electron chi connectivity index (χ4n) is 3.08. The van der Waals surface area contributed by atoms with Crippen molar-refractivity contribution in [3.05, 3.63) is 90.0 Å². The van der Waals surface area contributed by atoms with Gasteiger partial charge in [-0.1, -0.05) is 42.5 Å². The predicted octanol–water partition coefficient (Wildman–Crippen LogP) is 3.90. The summed E-state index contributed by atoms with van der Waals surface area (Å²) in [6.45, 7) is 0.344. The molecule has 1 atom stereocenters. The number of hydrogen-bond acceptors (Lipinski definition) is 4. The van der Waals surface area contributed by atoms with Crippen molar-refractivity contribution >= 4 is 11.9 Å². The third-order valence-electron chi connectivity index (χ3n) is 4.57. The molecular weight excluding hydrogens is 394 g/mol. The molecule has 0 fully saturated rings. The minimum atomic E-state index is -0.708. The number of rotatable bonds is 9. The van der Waals surface area contributed by atoms with Crippen LogP contribution in [0.2, 0.25) is 0 Å². The van der Waals surface area contributed by atoms with Gasteiger partial charge < -0.3 is 25.8 Å². The normalized spacial score (nSPS) is 11.3. The number of carbonyl (C=O) groups excluding carboxylic acids is 2. The van der Waals surface area contributed by atoms with Crippen LogP contribution in [-0.4, -0.2) is 19.0 Å². The first-order chi connectivity index (χ1) is 15.0. The summed E-state index contributed by atoms with van der Waals surface area (Å²) in [7, 11) is 1.59. The molecule has 0 aliphatic heterocycles. The summed E-state index contributed by atoms with van der Waals surface area (Å²) in [5.41, 5.74) is 6.96. The lowest BCUT2D eigenvalue weighted by Gasteiger charge is -2.19. The topological polar surface area (TPSA) is 103 Å². The van der Waals surface area contributed by atoms with Crippen molar-refractivity contribution in [2.45, 2.75) is 19.0 Å². The van der Waals surface area contributed by atoms with Crippen molar-refractivity contribution in [2.24, 2.45) is 5.73 Å². The molecular formula is C24H25N3O4. The summed E-state index contributed by atoms with van der Waals surface area (Å²) in [5, 5.41) is 5.50. The molecule has 31 heavy (non-hydrogen) atoms. The molecule has 0 heterocycles. The maximum Gasteiger partial charge on any atom is 0.312 e. The Hall–Kier alpha value is -4.00. The quantitative estimate of drug-likeness (QED) is 0.489. The van der Waals surface area contributed by atoms with E-state index >= 15 is 0 Å². The highest BCUT2D eigenvalue weighted by Crippen LogP contribution is 2.26. The van der Waals surface area contributed by atoms with Gasteiger partial charge in [-0.2, -0.15) is 0 Å². The van der Waals surface area contributed by atoms with E-state index in [0.29, 0.717) is 23.6 Å². The van der Waals surface area contributed by atoms with E-state index in [4.69, 9.17) is 15.2 Å². The molecule has 3 aromatic rings. The van der Waals surface area contributed by atoms with Crippen LogP contribution in [-0.2, 0) is 11.3 Å². The Kier molecular flexibility index (Phi) is 7.48. The van der Waals surface area contributed by atoms with Gasteiger partial charge in [0.15, 0.2) is 0 Å².